The number of rotatable bonds is 5. The summed E-state index contributed by atoms with van der Waals surface area (Å²) in [6.07, 6.45) is -1.95. The van der Waals surface area contributed by atoms with Crippen LogP contribution in [0.5, 0.6) is 0 Å². The Morgan fingerprint density at radius 1 is 1.38 bits per heavy atom. The molecule has 1 aliphatic rings. The molecule has 0 aromatic carbocycles. The molecule has 0 aromatic rings. The van der Waals surface area contributed by atoms with E-state index in [0.29, 0.717) is 0 Å². The zero-order valence-electron chi connectivity index (χ0n) is 14.0. The fourth-order valence-electron chi connectivity index (χ4n) is 2.18. The van der Waals surface area contributed by atoms with Crippen molar-refractivity contribution in [1.82, 2.24) is 9.80 Å². The molecule has 0 saturated carbocycles. The molecule has 1 saturated heterocycles. The average molecular weight is 367 g/mol. The Hall–Kier alpha value is -1.74. The Bertz CT molecular complexity index is 467. The van der Waals surface area contributed by atoms with Gasteiger partial charge in [0.05, 0.1) is 19.3 Å². The Balaban J connectivity index is 2.79. The molecular weight excluding hydrogens is 344 g/mol. The first-order valence-electron chi connectivity index (χ1n) is 7.41. The molecule has 0 radical (unpaired) electrons. The van der Waals surface area contributed by atoms with Gasteiger partial charge in [0.15, 0.2) is 6.07 Å². The lowest BCUT2D eigenvalue weighted by atomic mass is 10.2. The van der Waals surface area contributed by atoms with Crippen LogP contribution in [0.1, 0.15) is 20.8 Å². The van der Waals surface area contributed by atoms with Gasteiger partial charge in [-0.3, -0.25) is 14.6 Å². The van der Waals surface area contributed by atoms with Crippen molar-refractivity contribution in [2.24, 2.45) is 0 Å². The van der Waals surface area contributed by atoms with E-state index in [0.717, 1.165) is 4.90 Å². The number of hydrogen-bond acceptors (Lipinski definition) is 6. The van der Waals surface area contributed by atoms with Crippen LogP contribution in [0.15, 0.2) is 0 Å². The number of ether oxygens (including phenoxy) is 3. The van der Waals surface area contributed by atoms with Gasteiger partial charge in [0.1, 0.15) is 12.1 Å². The third-order valence-electron chi connectivity index (χ3n) is 3.08. The molecule has 1 aliphatic heterocycles. The minimum Gasteiger partial charge on any atom is -0.465 e. The first-order valence-corrected chi connectivity index (χ1v) is 7.94. The van der Waals surface area contributed by atoms with E-state index in [1.54, 1.807) is 20.8 Å². The van der Waals surface area contributed by atoms with Crippen molar-refractivity contribution >= 4 is 29.8 Å². The molecule has 2 amide bonds. The van der Waals surface area contributed by atoms with Crippen molar-refractivity contribution in [2.45, 2.75) is 32.4 Å². The molecule has 10 heteroatoms. The maximum Gasteiger partial charge on any atom is 0.411 e. The van der Waals surface area contributed by atoms with Crippen molar-refractivity contribution in [3.8, 4) is 0 Å². The lowest BCUT2D eigenvalue weighted by molar-refractivity contribution is -0.156. The van der Waals surface area contributed by atoms with Gasteiger partial charge < -0.3 is 19.3 Å². The SMILES string of the molecule is CC(C)(C)OC(=O)CN(CC1COCCN1C(=O)O)C(=O)OCCl. The highest BCUT2D eigenvalue weighted by Crippen LogP contribution is 2.12. The molecule has 0 aliphatic carbocycles. The topological polar surface area (TPSA) is 106 Å². The first kappa shape index (κ1) is 20.3. The molecule has 1 rings (SSSR count). The van der Waals surface area contributed by atoms with Crippen molar-refractivity contribution in [3.05, 3.63) is 0 Å². The van der Waals surface area contributed by atoms with Crippen LogP contribution in [0.4, 0.5) is 9.59 Å². The molecule has 1 fully saturated rings. The van der Waals surface area contributed by atoms with Gasteiger partial charge in [-0.2, -0.15) is 0 Å². The quantitative estimate of drug-likeness (QED) is 0.578. The number of nitrogens with zero attached hydrogens (tertiary/aromatic N) is 2. The van der Waals surface area contributed by atoms with E-state index in [2.05, 4.69) is 0 Å². The summed E-state index contributed by atoms with van der Waals surface area (Å²) in [5.74, 6) is -0.632. The smallest absolute Gasteiger partial charge is 0.411 e. The summed E-state index contributed by atoms with van der Waals surface area (Å²) in [6, 6.07) is -0.991. The van der Waals surface area contributed by atoms with Crippen LogP contribution in [-0.2, 0) is 19.0 Å². The summed E-state index contributed by atoms with van der Waals surface area (Å²) in [5.41, 5.74) is -0.708. The molecule has 24 heavy (non-hydrogen) atoms. The second-order valence-corrected chi connectivity index (χ2v) is 6.41. The lowest BCUT2D eigenvalue weighted by Crippen LogP contribution is -2.55. The van der Waals surface area contributed by atoms with Crippen LogP contribution < -0.4 is 0 Å². The number of carbonyl (C=O) groups is 3. The van der Waals surface area contributed by atoms with Gasteiger partial charge in [0.25, 0.3) is 0 Å². The normalized spacial score (nSPS) is 18.0. The molecule has 0 bridgehead atoms. The van der Waals surface area contributed by atoms with Crippen molar-refractivity contribution < 1.29 is 33.7 Å². The van der Waals surface area contributed by atoms with Crippen molar-refractivity contribution in [1.29, 1.82) is 0 Å². The molecule has 138 valence electrons. The molecule has 9 nitrogen and oxygen atoms in total. The van der Waals surface area contributed by atoms with Crippen LogP contribution in [0.25, 0.3) is 0 Å². The maximum atomic E-state index is 12.0. The number of esters is 1. The van der Waals surface area contributed by atoms with Crippen LogP contribution in [0, 0.1) is 0 Å². The highest BCUT2D eigenvalue weighted by atomic mass is 35.5. The fourth-order valence-corrected chi connectivity index (χ4v) is 2.28. The van der Waals surface area contributed by atoms with Crippen molar-refractivity contribution in [3.63, 3.8) is 0 Å². The highest BCUT2D eigenvalue weighted by molar-refractivity contribution is 6.17. The molecule has 1 atom stereocenters. The summed E-state index contributed by atoms with van der Waals surface area (Å²) in [6.45, 7) is 5.24. The highest BCUT2D eigenvalue weighted by Gasteiger charge is 2.32. The molecule has 1 heterocycles. The van der Waals surface area contributed by atoms with E-state index in [4.69, 9.17) is 25.8 Å². The van der Waals surface area contributed by atoms with Gasteiger partial charge in [-0.1, -0.05) is 11.6 Å². The van der Waals surface area contributed by atoms with E-state index in [9.17, 15) is 19.5 Å². The minimum absolute atomic E-state index is 0.0682. The first-order chi connectivity index (χ1) is 11.1. The zero-order chi connectivity index (χ0) is 18.3. The van der Waals surface area contributed by atoms with Gasteiger partial charge in [-0.05, 0) is 20.8 Å². The summed E-state index contributed by atoms with van der Waals surface area (Å²) >= 11 is 5.39. The number of carbonyl (C=O) groups excluding carboxylic acids is 2. The Labute approximate surface area is 145 Å². The molecule has 0 aromatic heterocycles. The van der Waals surface area contributed by atoms with E-state index >= 15 is 0 Å². The predicted molar refractivity (Wildman–Crippen MR) is 84.0 cm³/mol. The van der Waals surface area contributed by atoms with Crippen molar-refractivity contribution in [2.75, 3.05) is 38.9 Å². The summed E-state index contributed by atoms with van der Waals surface area (Å²) in [4.78, 5) is 37.5. The van der Waals surface area contributed by atoms with Gasteiger partial charge in [0, 0.05) is 13.1 Å². The number of hydrogen-bond donors (Lipinski definition) is 1. The lowest BCUT2D eigenvalue weighted by Gasteiger charge is -2.36. The van der Waals surface area contributed by atoms with Crippen LogP contribution in [0.3, 0.4) is 0 Å². The number of alkyl halides is 1. The fraction of sp³-hybridized carbons (Fsp3) is 0.786. The molecule has 0 spiro atoms. The third kappa shape index (κ3) is 6.79. The average Bonchev–Trinajstić information content (AvgIpc) is 2.45. The number of carboxylic acid groups (broad SMARTS) is 1. The third-order valence-corrected chi connectivity index (χ3v) is 3.19. The largest absolute Gasteiger partial charge is 0.465 e. The number of halogens is 1. The second-order valence-electron chi connectivity index (χ2n) is 6.19. The van der Waals surface area contributed by atoms with Gasteiger partial charge in [0.2, 0.25) is 0 Å². The predicted octanol–water partition coefficient (Wildman–Crippen LogP) is 1.34. The number of amides is 2. The summed E-state index contributed by atoms with van der Waals surface area (Å²) in [5, 5.41) is 9.22. The Kier molecular flexibility index (Phi) is 7.56. The van der Waals surface area contributed by atoms with Gasteiger partial charge in [-0.15, -0.1) is 0 Å². The second kappa shape index (κ2) is 8.93. The zero-order valence-corrected chi connectivity index (χ0v) is 14.7. The molecule has 1 unspecified atom stereocenters. The summed E-state index contributed by atoms with van der Waals surface area (Å²) < 4.78 is 15.2. The Morgan fingerprint density at radius 2 is 2.04 bits per heavy atom. The monoisotopic (exact) mass is 366 g/mol. The Morgan fingerprint density at radius 3 is 2.58 bits per heavy atom. The molecular formula is C14H23ClN2O7. The van der Waals surface area contributed by atoms with E-state index in [1.807, 2.05) is 0 Å². The van der Waals surface area contributed by atoms with E-state index in [-0.39, 0.29) is 38.9 Å². The summed E-state index contributed by atoms with van der Waals surface area (Å²) in [7, 11) is 0. The maximum absolute atomic E-state index is 12.0. The van der Waals surface area contributed by atoms with Gasteiger partial charge >= 0.3 is 18.2 Å². The molecule has 1 N–H and O–H groups in total. The van der Waals surface area contributed by atoms with Crippen LogP contribution >= 0.6 is 11.6 Å². The minimum atomic E-state index is -1.12. The number of morpholine rings is 1. The van der Waals surface area contributed by atoms with E-state index in [1.165, 1.54) is 4.90 Å². The van der Waals surface area contributed by atoms with Crippen LogP contribution in [-0.4, -0.2) is 83.6 Å². The van der Waals surface area contributed by atoms with Gasteiger partial charge in [-0.25, -0.2) is 9.59 Å². The standard InChI is InChI=1S/C14H23ClN2O7/c1-14(2,3)24-11(18)7-16(13(21)23-9-15)6-10-8-22-5-4-17(10)12(19)20/h10H,4-9H2,1-3H3,(H,19,20). The van der Waals surface area contributed by atoms with Crippen LogP contribution in [0.2, 0.25) is 0 Å². The van der Waals surface area contributed by atoms with E-state index < -0.39 is 29.8 Å².